The van der Waals surface area contributed by atoms with Crippen molar-refractivity contribution in [3.8, 4) is 5.75 Å². The van der Waals surface area contributed by atoms with Crippen LogP contribution in [0.15, 0.2) is 54.6 Å². The quantitative estimate of drug-likeness (QED) is 0.851. The summed E-state index contributed by atoms with van der Waals surface area (Å²) in [5.41, 5.74) is 2.25. The number of rotatable bonds is 5. The van der Waals surface area contributed by atoms with Gasteiger partial charge in [0.25, 0.3) is 0 Å². The standard InChI is InChI=1S/C20H20N2O3/c1-25-16-7-4-6-15(14-16)11-12-19(23)21-17-8-2-3-9-18(17)22-13-5-10-20(22)24/h2-4,6-9,11-12,14H,5,10,13H2,1H3,(H,21,23)/b12-11+. The highest BCUT2D eigenvalue weighted by atomic mass is 16.5. The van der Waals surface area contributed by atoms with E-state index in [1.54, 1.807) is 24.2 Å². The number of ether oxygens (including phenoxy) is 1. The number of carbonyl (C=O) groups is 2. The molecule has 0 radical (unpaired) electrons. The highest BCUT2D eigenvalue weighted by Crippen LogP contribution is 2.29. The fourth-order valence-electron chi connectivity index (χ4n) is 2.81. The summed E-state index contributed by atoms with van der Waals surface area (Å²) in [6.45, 7) is 0.686. The zero-order valence-electron chi connectivity index (χ0n) is 14.1. The summed E-state index contributed by atoms with van der Waals surface area (Å²) in [4.78, 5) is 26.0. The van der Waals surface area contributed by atoms with Crippen LogP contribution in [0.4, 0.5) is 11.4 Å². The molecule has 0 saturated carbocycles. The van der Waals surface area contributed by atoms with E-state index in [2.05, 4.69) is 5.32 Å². The van der Waals surface area contributed by atoms with Gasteiger partial charge in [-0.15, -0.1) is 0 Å². The summed E-state index contributed by atoms with van der Waals surface area (Å²) in [6, 6.07) is 14.8. The molecule has 25 heavy (non-hydrogen) atoms. The number of nitrogens with zero attached hydrogens (tertiary/aromatic N) is 1. The van der Waals surface area contributed by atoms with Gasteiger partial charge in [0.15, 0.2) is 0 Å². The maximum Gasteiger partial charge on any atom is 0.248 e. The van der Waals surface area contributed by atoms with Crippen LogP contribution in [-0.4, -0.2) is 25.5 Å². The van der Waals surface area contributed by atoms with Crippen molar-refractivity contribution in [1.29, 1.82) is 0 Å². The van der Waals surface area contributed by atoms with Gasteiger partial charge in [0.1, 0.15) is 5.75 Å². The first kappa shape index (κ1) is 16.8. The van der Waals surface area contributed by atoms with Gasteiger partial charge < -0.3 is 15.0 Å². The Balaban J connectivity index is 1.73. The van der Waals surface area contributed by atoms with E-state index in [0.29, 0.717) is 18.7 Å². The Morgan fingerprint density at radius 3 is 2.80 bits per heavy atom. The molecule has 0 atom stereocenters. The van der Waals surface area contributed by atoms with Gasteiger partial charge in [-0.2, -0.15) is 0 Å². The molecule has 0 bridgehead atoms. The Labute approximate surface area is 146 Å². The third-order valence-electron chi connectivity index (χ3n) is 4.05. The number of hydrogen-bond acceptors (Lipinski definition) is 3. The number of benzene rings is 2. The summed E-state index contributed by atoms with van der Waals surface area (Å²) in [5.74, 6) is 0.580. The molecule has 1 heterocycles. The average Bonchev–Trinajstić information content (AvgIpc) is 3.06. The van der Waals surface area contributed by atoms with E-state index in [9.17, 15) is 9.59 Å². The SMILES string of the molecule is COc1cccc(/C=C/C(=O)Nc2ccccc2N2CCCC2=O)c1. The summed E-state index contributed by atoms with van der Waals surface area (Å²) in [6.07, 6.45) is 4.59. The van der Waals surface area contributed by atoms with Crippen molar-refractivity contribution in [2.45, 2.75) is 12.8 Å². The minimum atomic E-state index is -0.248. The Morgan fingerprint density at radius 1 is 1.20 bits per heavy atom. The van der Waals surface area contributed by atoms with Crippen LogP contribution in [-0.2, 0) is 9.59 Å². The molecule has 1 N–H and O–H groups in total. The van der Waals surface area contributed by atoms with Crippen LogP contribution in [0.5, 0.6) is 5.75 Å². The first-order valence-corrected chi connectivity index (χ1v) is 8.20. The van der Waals surface area contributed by atoms with Crippen molar-refractivity contribution in [2.75, 3.05) is 23.9 Å². The van der Waals surface area contributed by atoms with Gasteiger partial charge in [-0.05, 0) is 42.3 Å². The van der Waals surface area contributed by atoms with Gasteiger partial charge in [0, 0.05) is 19.0 Å². The van der Waals surface area contributed by atoms with Crippen LogP contribution in [0, 0.1) is 0 Å². The Hall–Kier alpha value is -3.08. The second kappa shape index (κ2) is 7.66. The van der Waals surface area contributed by atoms with Crippen LogP contribution in [0.25, 0.3) is 6.08 Å². The molecule has 0 spiro atoms. The van der Waals surface area contributed by atoms with E-state index >= 15 is 0 Å². The number of carbonyl (C=O) groups excluding carboxylic acids is 2. The maximum absolute atomic E-state index is 12.3. The molecule has 5 nitrogen and oxygen atoms in total. The minimum absolute atomic E-state index is 0.0913. The second-order valence-electron chi connectivity index (χ2n) is 5.77. The molecule has 2 amide bonds. The molecular weight excluding hydrogens is 316 g/mol. The van der Waals surface area contributed by atoms with Crippen molar-refractivity contribution in [3.63, 3.8) is 0 Å². The van der Waals surface area contributed by atoms with Gasteiger partial charge in [-0.25, -0.2) is 0 Å². The van der Waals surface area contributed by atoms with E-state index in [1.807, 2.05) is 42.5 Å². The van der Waals surface area contributed by atoms with E-state index in [1.165, 1.54) is 6.08 Å². The summed E-state index contributed by atoms with van der Waals surface area (Å²) < 4.78 is 5.17. The molecule has 2 aromatic carbocycles. The van der Waals surface area contributed by atoms with Crippen LogP contribution in [0.2, 0.25) is 0 Å². The first-order chi connectivity index (χ1) is 12.2. The van der Waals surface area contributed by atoms with Crippen molar-refractivity contribution in [1.82, 2.24) is 0 Å². The van der Waals surface area contributed by atoms with E-state index < -0.39 is 0 Å². The van der Waals surface area contributed by atoms with Crippen LogP contribution >= 0.6 is 0 Å². The van der Waals surface area contributed by atoms with Gasteiger partial charge in [-0.1, -0.05) is 24.3 Å². The number of hydrogen-bond donors (Lipinski definition) is 1. The topological polar surface area (TPSA) is 58.6 Å². The fourth-order valence-corrected chi connectivity index (χ4v) is 2.81. The molecule has 0 aromatic heterocycles. The zero-order valence-corrected chi connectivity index (χ0v) is 14.1. The van der Waals surface area contributed by atoms with Crippen LogP contribution in [0.3, 0.4) is 0 Å². The Kier molecular flexibility index (Phi) is 5.14. The van der Waals surface area contributed by atoms with Crippen LogP contribution in [0.1, 0.15) is 18.4 Å². The van der Waals surface area contributed by atoms with E-state index in [0.717, 1.165) is 23.4 Å². The third kappa shape index (κ3) is 4.07. The molecule has 3 rings (SSSR count). The van der Waals surface area contributed by atoms with Gasteiger partial charge >= 0.3 is 0 Å². The maximum atomic E-state index is 12.3. The van der Waals surface area contributed by atoms with Crippen molar-refractivity contribution >= 4 is 29.3 Å². The van der Waals surface area contributed by atoms with Crippen molar-refractivity contribution in [3.05, 3.63) is 60.2 Å². The van der Waals surface area contributed by atoms with Gasteiger partial charge in [0.05, 0.1) is 18.5 Å². The van der Waals surface area contributed by atoms with E-state index in [4.69, 9.17) is 4.74 Å². The number of nitrogens with one attached hydrogen (secondary N) is 1. The van der Waals surface area contributed by atoms with Crippen molar-refractivity contribution < 1.29 is 14.3 Å². The van der Waals surface area contributed by atoms with Gasteiger partial charge in [-0.3, -0.25) is 9.59 Å². The molecule has 0 aliphatic carbocycles. The zero-order chi connectivity index (χ0) is 17.6. The summed E-state index contributed by atoms with van der Waals surface area (Å²) >= 11 is 0. The van der Waals surface area contributed by atoms with Crippen molar-refractivity contribution in [2.24, 2.45) is 0 Å². The molecule has 1 aliphatic heterocycles. The lowest BCUT2D eigenvalue weighted by Gasteiger charge is -2.19. The highest BCUT2D eigenvalue weighted by Gasteiger charge is 2.23. The predicted molar refractivity (Wildman–Crippen MR) is 98.7 cm³/mol. The number of anilines is 2. The van der Waals surface area contributed by atoms with E-state index in [-0.39, 0.29) is 11.8 Å². The molecule has 1 fully saturated rings. The minimum Gasteiger partial charge on any atom is -0.497 e. The smallest absolute Gasteiger partial charge is 0.248 e. The lowest BCUT2D eigenvalue weighted by Crippen LogP contribution is -2.25. The normalized spacial score (nSPS) is 14.1. The average molecular weight is 336 g/mol. The molecule has 1 saturated heterocycles. The molecule has 2 aromatic rings. The summed E-state index contributed by atoms with van der Waals surface area (Å²) in [5, 5.41) is 2.86. The third-order valence-corrected chi connectivity index (χ3v) is 4.05. The number of para-hydroxylation sites is 2. The van der Waals surface area contributed by atoms with Gasteiger partial charge in [0.2, 0.25) is 11.8 Å². The Morgan fingerprint density at radius 2 is 2.04 bits per heavy atom. The van der Waals surface area contributed by atoms with Crippen LogP contribution < -0.4 is 15.0 Å². The number of methoxy groups -OCH3 is 1. The second-order valence-corrected chi connectivity index (χ2v) is 5.77. The fraction of sp³-hybridized carbons (Fsp3) is 0.200. The predicted octanol–water partition coefficient (Wildman–Crippen LogP) is 3.47. The Bertz CT molecular complexity index is 814. The highest BCUT2D eigenvalue weighted by molar-refractivity contribution is 6.06. The largest absolute Gasteiger partial charge is 0.497 e. The molecule has 1 aliphatic rings. The number of amides is 2. The summed E-state index contributed by atoms with van der Waals surface area (Å²) in [7, 11) is 1.60. The first-order valence-electron chi connectivity index (χ1n) is 8.20. The lowest BCUT2D eigenvalue weighted by atomic mass is 10.2. The molecular formula is C20H20N2O3. The molecule has 128 valence electrons. The lowest BCUT2D eigenvalue weighted by molar-refractivity contribution is -0.117. The molecule has 0 unspecified atom stereocenters. The molecule has 5 heteroatoms. The monoisotopic (exact) mass is 336 g/mol.